The molecule has 0 saturated heterocycles. The molecule has 0 radical (unpaired) electrons. The van der Waals surface area contributed by atoms with Gasteiger partial charge in [-0.2, -0.15) is 0 Å². The van der Waals surface area contributed by atoms with E-state index in [0.717, 1.165) is 11.1 Å². The first-order valence-corrected chi connectivity index (χ1v) is 9.01. The number of methoxy groups -OCH3 is 1. The summed E-state index contributed by atoms with van der Waals surface area (Å²) in [7, 11) is 1.58. The highest BCUT2D eigenvalue weighted by Crippen LogP contribution is 2.31. The van der Waals surface area contributed by atoms with Gasteiger partial charge in [-0.25, -0.2) is 9.59 Å². The predicted molar refractivity (Wildman–Crippen MR) is 106 cm³/mol. The van der Waals surface area contributed by atoms with Crippen LogP contribution in [0.4, 0.5) is 4.79 Å². The zero-order valence-corrected chi connectivity index (χ0v) is 16.5. The standard InChI is InChI=1S/C21H26N2O5/c1-13(2)28-18-10-9-17(11-19(18)27-4)14(3)23-21(26)22-12-15-5-7-16(8-6-15)20(24)25/h5-11,13-14H,12H2,1-4H3,(H,24,25)(H2,22,23,26). The van der Waals surface area contributed by atoms with Crippen LogP contribution in [0.15, 0.2) is 42.5 Å². The van der Waals surface area contributed by atoms with Gasteiger partial charge in [-0.1, -0.05) is 18.2 Å². The Labute approximate surface area is 164 Å². The molecule has 0 aliphatic carbocycles. The molecule has 7 nitrogen and oxygen atoms in total. The number of carboxylic acid groups (broad SMARTS) is 1. The number of hydrogen-bond donors (Lipinski definition) is 3. The zero-order chi connectivity index (χ0) is 20.7. The monoisotopic (exact) mass is 386 g/mol. The van der Waals surface area contributed by atoms with Crippen LogP contribution in [0.3, 0.4) is 0 Å². The van der Waals surface area contributed by atoms with Crippen LogP contribution < -0.4 is 20.1 Å². The number of hydrogen-bond acceptors (Lipinski definition) is 4. The lowest BCUT2D eigenvalue weighted by molar-refractivity contribution is 0.0697. The molecule has 1 unspecified atom stereocenters. The average molecular weight is 386 g/mol. The molecule has 0 aliphatic rings. The second kappa shape index (κ2) is 9.64. The maximum Gasteiger partial charge on any atom is 0.335 e. The van der Waals surface area contributed by atoms with Crippen molar-refractivity contribution in [1.82, 2.24) is 10.6 Å². The molecule has 0 bridgehead atoms. The van der Waals surface area contributed by atoms with Gasteiger partial charge in [0.2, 0.25) is 0 Å². The summed E-state index contributed by atoms with van der Waals surface area (Å²) in [5.41, 5.74) is 1.90. The average Bonchev–Trinajstić information content (AvgIpc) is 2.66. The number of carboxylic acids is 1. The first-order chi connectivity index (χ1) is 13.3. The van der Waals surface area contributed by atoms with E-state index in [9.17, 15) is 9.59 Å². The predicted octanol–water partition coefficient (Wildman–Crippen LogP) is 3.74. The lowest BCUT2D eigenvalue weighted by Crippen LogP contribution is -2.36. The lowest BCUT2D eigenvalue weighted by atomic mass is 10.1. The van der Waals surface area contributed by atoms with Crippen molar-refractivity contribution in [3.8, 4) is 11.5 Å². The van der Waals surface area contributed by atoms with E-state index in [1.807, 2.05) is 39.0 Å². The summed E-state index contributed by atoms with van der Waals surface area (Å²) < 4.78 is 11.1. The maximum atomic E-state index is 12.2. The van der Waals surface area contributed by atoms with E-state index < -0.39 is 5.97 Å². The number of amides is 2. The molecule has 2 aromatic rings. The highest BCUT2D eigenvalue weighted by atomic mass is 16.5. The Morgan fingerprint density at radius 3 is 2.29 bits per heavy atom. The quantitative estimate of drug-likeness (QED) is 0.642. The Bertz CT molecular complexity index is 818. The molecule has 0 aromatic heterocycles. The highest BCUT2D eigenvalue weighted by molar-refractivity contribution is 5.87. The Morgan fingerprint density at radius 2 is 1.71 bits per heavy atom. The largest absolute Gasteiger partial charge is 0.493 e. The fourth-order valence-corrected chi connectivity index (χ4v) is 2.58. The number of aromatic carboxylic acids is 1. The van der Waals surface area contributed by atoms with Crippen LogP contribution >= 0.6 is 0 Å². The van der Waals surface area contributed by atoms with E-state index in [4.69, 9.17) is 14.6 Å². The molecule has 28 heavy (non-hydrogen) atoms. The van der Waals surface area contributed by atoms with Crippen molar-refractivity contribution in [2.24, 2.45) is 0 Å². The summed E-state index contributed by atoms with van der Waals surface area (Å²) in [5, 5.41) is 14.5. The van der Waals surface area contributed by atoms with Crippen LogP contribution in [-0.2, 0) is 6.54 Å². The third kappa shape index (κ3) is 5.90. The first kappa shape index (κ1) is 21.1. The Kier molecular flexibility index (Phi) is 7.26. The number of carbonyl (C=O) groups is 2. The van der Waals surface area contributed by atoms with E-state index in [1.54, 1.807) is 19.2 Å². The van der Waals surface area contributed by atoms with Gasteiger partial charge in [0.15, 0.2) is 11.5 Å². The van der Waals surface area contributed by atoms with E-state index >= 15 is 0 Å². The summed E-state index contributed by atoms with van der Waals surface area (Å²) in [6.45, 7) is 6.05. The molecular weight excluding hydrogens is 360 g/mol. The van der Waals surface area contributed by atoms with Crippen LogP contribution in [0.2, 0.25) is 0 Å². The molecule has 2 rings (SSSR count). The number of benzene rings is 2. The molecular formula is C21H26N2O5. The number of carbonyl (C=O) groups excluding carboxylic acids is 1. The molecule has 0 aliphatic heterocycles. The summed E-state index contributed by atoms with van der Waals surface area (Å²) in [5.74, 6) is 0.285. The van der Waals surface area contributed by atoms with Gasteiger partial charge >= 0.3 is 12.0 Å². The van der Waals surface area contributed by atoms with E-state index in [0.29, 0.717) is 18.0 Å². The number of rotatable bonds is 8. The van der Waals surface area contributed by atoms with E-state index in [2.05, 4.69) is 10.6 Å². The Hall–Kier alpha value is -3.22. The smallest absolute Gasteiger partial charge is 0.335 e. The van der Waals surface area contributed by atoms with Crippen molar-refractivity contribution in [2.75, 3.05) is 7.11 Å². The molecule has 0 saturated carbocycles. The minimum atomic E-state index is -0.980. The SMILES string of the molecule is COc1cc(C(C)NC(=O)NCc2ccc(C(=O)O)cc2)ccc1OC(C)C. The van der Waals surface area contributed by atoms with Gasteiger partial charge in [0.1, 0.15) is 0 Å². The molecule has 7 heteroatoms. The first-order valence-electron chi connectivity index (χ1n) is 9.01. The minimum Gasteiger partial charge on any atom is -0.493 e. The van der Waals surface area contributed by atoms with Gasteiger partial charge in [0.05, 0.1) is 24.8 Å². The number of nitrogens with one attached hydrogen (secondary N) is 2. The molecule has 0 spiro atoms. The van der Waals surface area contributed by atoms with Crippen molar-refractivity contribution < 1.29 is 24.2 Å². The normalized spacial score (nSPS) is 11.6. The second-order valence-electron chi connectivity index (χ2n) is 6.63. The van der Waals surface area contributed by atoms with Crippen LogP contribution in [0, 0.1) is 0 Å². The van der Waals surface area contributed by atoms with Gasteiger partial charge in [0.25, 0.3) is 0 Å². The molecule has 1 atom stereocenters. The highest BCUT2D eigenvalue weighted by Gasteiger charge is 2.13. The van der Waals surface area contributed by atoms with Crippen molar-refractivity contribution in [1.29, 1.82) is 0 Å². The maximum absolute atomic E-state index is 12.2. The molecule has 2 aromatic carbocycles. The molecule has 3 N–H and O–H groups in total. The van der Waals surface area contributed by atoms with Crippen molar-refractivity contribution >= 4 is 12.0 Å². The molecule has 150 valence electrons. The van der Waals surface area contributed by atoms with Gasteiger partial charge in [-0.15, -0.1) is 0 Å². The Balaban J connectivity index is 1.93. The van der Waals surface area contributed by atoms with E-state index in [-0.39, 0.29) is 23.7 Å². The topological polar surface area (TPSA) is 96.9 Å². The lowest BCUT2D eigenvalue weighted by Gasteiger charge is -2.18. The van der Waals surface area contributed by atoms with Crippen LogP contribution in [-0.4, -0.2) is 30.3 Å². The summed E-state index contributed by atoms with van der Waals surface area (Å²) in [4.78, 5) is 23.0. The van der Waals surface area contributed by atoms with Crippen molar-refractivity contribution in [2.45, 2.75) is 39.5 Å². The molecule has 0 heterocycles. The van der Waals surface area contributed by atoms with Crippen LogP contribution in [0.25, 0.3) is 0 Å². The molecule has 0 fully saturated rings. The minimum absolute atomic E-state index is 0.0330. The van der Waals surface area contributed by atoms with Gasteiger partial charge in [0, 0.05) is 6.54 Å². The van der Waals surface area contributed by atoms with Gasteiger partial charge in [-0.3, -0.25) is 0 Å². The molecule has 2 amide bonds. The third-order valence-corrected chi connectivity index (χ3v) is 4.05. The van der Waals surface area contributed by atoms with Crippen LogP contribution in [0.5, 0.6) is 11.5 Å². The fourth-order valence-electron chi connectivity index (χ4n) is 2.58. The summed E-state index contributed by atoms with van der Waals surface area (Å²) >= 11 is 0. The fraction of sp³-hybridized carbons (Fsp3) is 0.333. The van der Waals surface area contributed by atoms with Gasteiger partial charge in [-0.05, 0) is 56.2 Å². The summed E-state index contributed by atoms with van der Waals surface area (Å²) in [6.07, 6.45) is 0.0330. The Morgan fingerprint density at radius 1 is 1.04 bits per heavy atom. The van der Waals surface area contributed by atoms with Crippen molar-refractivity contribution in [3.63, 3.8) is 0 Å². The van der Waals surface area contributed by atoms with E-state index in [1.165, 1.54) is 12.1 Å². The zero-order valence-electron chi connectivity index (χ0n) is 16.5. The second-order valence-corrected chi connectivity index (χ2v) is 6.63. The van der Waals surface area contributed by atoms with Gasteiger partial charge < -0.3 is 25.2 Å². The van der Waals surface area contributed by atoms with Crippen LogP contribution in [0.1, 0.15) is 48.3 Å². The number of ether oxygens (including phenoxy) is 2. The van der Waals surface area contributed by atoms with Crippen molar-refractivity contribution in [3.05, 3.63) is 59.2 Å². The number of urea groups is 1. The third-order valence-electron chi connectivity index (χ3n) is 4.05. The summed E-state index contributed by atoms with van der Waals surface area (Å²) in [6, 6.07) is 11.3.